The van der Waals surface area contributed by atoms with E-state index in [4.69, 9.17) is 9.97 Å². The molecule has 9 rings (SSSR count). The van der Waals surface area contributed by atoms with E-state index in [1.165, 1.54) is 22.3 Å². The molecule has 8 bridgehead atoms. The summed E-state index contributed by atoms with van der Waals surface area (Å²) in [6.07, 6.45) is 35.7. The van der Waals surface area contributed by atoms with Gasteiger partial charge in [0.1, 0.15) is 0 Å². The largest absolute Gasteiger partial charge is 0.377 e. The van der Waals surface area contributed by atoms with Crippen molar-refractivity contribution in [3.63, 3.8) is 0 Å². The van der Waals surface area contributed by atoms with Gasteiger partial charge in [0.2, 0.25) is 0 Å². The van der Waals surface area contributed by atoms with Gasteiger partial charge >= 0.3 is 0 Å². The first-order valence-electron chi connectivity index (χ1n) is 17.9. The van der Waals surface area contributed by atoms with E-state index in [1.807, 2.05) is 0 Å². The number of aromatic nitrogens is 4. The summed E-state index contributed by atoms with van der Waals surface area (Å²) in [5, 5.41) is 0. The van der Waals surface area contributed by atoms with Crippen LogP contribution >= 0.6 is 0 Å². The third-order valence-corrected chi connectivity index (χ3v) is 10.2. The van der Waals surface area contributed by atoms with E-state index in [-0.39, 0.29) is 21.1 Å². The fourth-order valence-electron chi connectivity index (χ4n) is 7.45. The first kappa shape index (κ1) is 34.5. The standard InChI is InChI=1S/C44H42N8.Pt/c1-48-19-11-30(12-20-48)41-39-10-9-36(47-39)28-35-6-5-33(45-35)27-34-7-8-37(46-34)29-40-42(31-13-21-49(2)22-14-31)43(32-15-23-50(3)24-16-32)44(41)52(40)38-17-25-51(4)26-18-38;/h5-19,21,23,25,27-29,45H,20,22,24,26H2,1-4H3;. The summed E-state index contributed by atoms with van der Waals surface area (Å²) in [6.45, 7) is 3.25. The van der Waals surface area contributed by atoms with E-state index in [1.54, 1.807) is 0 Å². The quantitative estimate of drug-likeness (QED) is 0.198. The van der Waals surface area contributed by atoms with Crippen LogP contribution in [0.3, 0.4) is 0 Å². The zero-order chi connectivity index (χ0) is 35.3. The monoisotopic (exact) mass is 877 g/mol. The molecule has 9 heteroatoms. The normalized spacial score (nSPS) is 17.6. The number of nitrogens with zero attached hydrogens (tertiary/aromatic N) is 7. The third kappa shape index (κ3) is 6.64. The van der Waals surface area contributed by atoms with E-state index in [0.29, 0.717) is 0 Å². The van der Waals surface area contributed by atoms with E-state index >= 15 is 0 Å². The summed E-state index contributed by atoms with van der Waals surface area (Å²) in [7, 11) is 8.48. The van der Waals surface area contributed by atoms with E-state index in [0.717, 1.165) is 87.9 Å². The van der Waals surface area contributed by atoms with Gasteiger partial charge in [-0.25, -0.2) is 9.97 Å². The molecule has 0 saturated carbocycles. The minimum Gasteiger partial charge on any atom is -0.377 e. The van der Waals surface area contributed by atoms with Crippen LogP contribution in [0.25, 0.3) is 68.8 Å². The molecular formula is C44H42N8Pt. The van der Waals surface area contributed by atoms with Crippen LogP contribution in [0.15, 0.2) is 104 Å². The van der Waals surface area contributed by atoms with E-state index in [2.05, 4.69) is 185 Å². The molecule has 0 atom stereocenters. The first-order chi connectivity index (χ1) is 25.4. The van der Waals surface area contributed by atoms with Crippen LogP contribution in [-0.4, -0.2) is 93.5 Å². The molecule has 6 aliphatic heterocycles. The van der Waals surface area contributed by atoms with Crippen molar-refractivity contribution in [1.29, 1.82) is 0 Å². The van der Waals surface area contributed by atoms with Crippen LogP contribution in [0.1, 0.15) is 39.5 Å². The number of rotatable bonds is 4. The molecule has 0 unspecified atom stereocenters. The molecule has 0 radical (unpaired) electrons. The summed E-state index contributed by atoms with van der Waals surface area (Å²) in [6, 6.07) is 10.7. The average molecular weight is 878 g/mol. The van der Waals surface area contributed by atoms with Crippen LogP contribution in [0.2, 0.25) is 0 Å². The van der Waals surface area contributed by atoms with Crippen molar-refractivity contribution in [2.75, 3.05) is 54.4 Å². The SMILES string of the molecule is CN1C=CC(c2c(C3=CCN(C)C=C3)c3c(C4=CCN(C)C=C4)c4nc(cc5ccc(cc6nc(cc2n3C2=CCN(C)C=C2)C=C6)[nH]5)C=C4)=CC1.[Pt]. The second kappa shape index (κ2) is 14.1. The predicted molar refractivity (Wildman–Crippen MR) is 218 cm³/mol. The Morgan fingerprint density at radius 1 is 0.509 bits per heavy atom. The van der Waals surface area contributed by atoms with Crippen molar-refractivity contribution < 1.29 is 21.1 Å². The zero-order valence-electron chi connectivity index (χ0n) is 30.4. The Hall–Kier alpha value is -5.59. The van der Waals surface area contributed by atoms with Gasteiger partial charge in [-0.15, -0.1) is 0 Å². The molecule has 3 aromatic rings. The van der Waals surface area contributed by atoms with Gasteiger partial charge in [-0.1, -0.05) is 18.2 Å². The molecule has 9 heterocycles. The van der Waals surface area contributed by atoms with Crippen molar-refractivity contribution in [3.05, 3.63) is 143 Å². The molecule has 0 amide bonds. The van der Waals surface area contributed by atoms with Crippen LogP contribution in [0.5, 0.6) is 0 Å². The van der Waals surface area contributed by atoms with Gasteiger partial charge in [-0.2, -0.15) is 0 Å². The number of fused-ring (bicyclic) bond motifs is 8. The maximum atomic E-state index is 5.37. The molecule has 0 aromatic carbocycles. The van der Waals surface area contributed by atoms with Gasteiger partial charge in [0.15, 0.2) is 0 Å². The molecule has 6 aliphatic rings. The van der Waals surface area contributed by atoms with Gasteiger partial charge in [0.25, 0.3) is 0 Å². The number of allylic oxidation sites excluding steroid dienone is 8. The summed E-state index contributed by atoms with van der Waals surface area (Å²) >= 11 is 0. The van der Waals surface area contributed by atoms with Crippen LogP contribution in [-0.2, 0) is 21.1 Å². The molecule has 0 fully saturated rings. The summed E-state index contributed by atoms with van der Waals surface area (Å²) in [5.74, 6) is 0. The number of H-pyrrole nitrogens is 1. The van der Waals surface area contributed by atoms with Crippen molar-refractivity contribution >= 4 is 68.8 Å². The molecule has 1 N–H and O–H groups in total. The van der Waals surface area contributed by atoms with E-state index in [9.17, 15) is 0 Å². The zero-order valence-corrected chi connectivity index (χ0v) is 32.7. The number of likely N-dealkylation sites (N-methyl/N-ethyl adjacent to an activating group) is 4. The van der Waals surface area contributed by atoms with E-state index < -0.39 is 0 Å². The Bertz CT molecular complexity index is 2490. The second-order valence-corrected chi connectivity index (χ2v) is 14.2. The van der Waals surface area contributed by atoms with Crippen molar-refractivity contribution in [3.8, 4) is 0 Å². The Morgan fingerprint density at radius 2 is 1.00 bits per heavy atom. The summed E-state index contributed by atoms with van der Waals surface area (Å²) in [4.78, 5) is 22.9. The van der Waals surface area contributed by atoms with Crippen molar-refractivity contribution in [2.45, 2.75) is 0 Å². The Balaban J connectivity index is 0.00000400. The molecule has 0 aliphatic carbocycles. The summed E-state index contributed by atoms with van der Waals surface area (Å²) in [5.41, 5.74) is 16.0. The molecule has 3 aromatic heterocycles. The Labute approximate surface area is 325 Å². The number of aromatic amines is 1. The first-order valence-corrected chi connectivity index (χ1v) is 17.9. The van der Waals surface area contributed by atoms with Gasteiger partial charge in [-0.05, 0) is 120 Å². The average Bonchev–Trinajstić information content (AvgIpc) is 3.95. The van der Waals surface area contributed by atoms with Crippen molar-refractivity contribution in [2.24, 2.45) is 0 Å². The maximum Gasteiger partial charge on any atom is 0.0737 e. The minimum absolute atomic E-state index is 0. The topological polar surface area (TPSA) is 59.5 Å². The smallest absolute Gasteiger partial charge is 0.0737 e. The van der Waals surface area contributed by atoms with Crippen LogP contribution in [0, 0.1) is 0 Å². The number of hydrogen-bond acceptors (Lipinski definition) is 6. The maximum absolute atomic E-state index is 5.37. The molecule has 268 valence electrons. The van der Waals surface area contributed by atoms with Gasteiger partial charge < -0.3 is 29.2 Å². The van der Waals surface area contributed by atoms with Gasteiger partial charge in [0, 0.05) is 115 Å². The van der Waals surface area contributed by atoms with Crippen LogP contribution < -0.4 is 0 Å². The molecular weight excluding hydrogens is 836 g/mol. The predicted octanol–water partition coefficient (Wildman–Crippen LogP) is 7.95. The summed E-state index contributed by atoms with van der Waals surface area (Å²) < 4.78 is 2.48. The number of nitrogens with one attached hydrogen (secondary N) is 1. The molecule has 53 heavy (non-hydrogen) atoms. The molecule has 8 nitrogen and oxygen atoms in total. The number of hydrogen-bond donors (Lipinski definition) is 1. The molecule has 0 spiro atoms. The fraction of sp³-hybridized carbons (Fsp3) is 0.182. The second-order valence-electron chi connectivity index (χ2n) is 14.2. The Kier molecular flexibility index (Phi) is 9.17. The molecule has 0 saturated heterocycles. The Morgan fingerprint density at radius 3 is 1.55 bits per heavy atom. The fourth-order valence-corrected chi connectivity index (χ4v) is 7.45. The van der Waals surface area contributed by atoms with Gasteiger partial charge in [0.05, 0.1) is 33.8 Å². The van der Waals surface area contributed by atoms with Gasteiger partial charge in [-0.3, -0.25) is 0 Å². The minimum atomic E-state index is 0. The van der Waals surface area contributed by atoms with Crippen molar-refractivity contribution in [1.82, 2.24) is 39.1 Å². The third-order valence-electron chi connectivity index (χ3n) is 10.2. The van der Waals surface area contributed by atoms with Crippen LogP contribution in [0.4, 0.5) is 0 Å².